The number of carbonyl (C=O) groups is 2. The molecule has 0 saturated heterocycles. The highest BCUT2D eigenvalue weighted by molar-refractivity contribution is 6.02. The first-order valence-electron chi connectivity index (χ1n) is 14.2. The van der Waals surface area contributed by atoms with Crippen LogP contribution in [0.2, 0.25) is 0 Å². The summed E-state index contributed by atoms with van der Waals surface area (Å²) < 4.78 is 13.1. The van der Waals surface area contributed by atoms with Crippen molar-refractivity contribution in [2.75, 3.05) is 18.1 Å². The number of rotatable bonds is 8. The number of benzene rings is 3. The van der Waals surface area contributed by atoms with Crippen molar-refractivity contribution in [3.63, 3.8) is 0 Å². The van der Waals surface area contributed by atoms with E-state index < -0.39 is 17.9 Å². The molecule has 0 N–H and O–H groups in total. The Bertz CT molecular complexity index is 1630. The van der Waals surface area contributed by atoms with Crippen LogP contribution >= 0.6 is 0 Å². The van der Waals surface area contributed by atoms with Gasteiger partial charge in [-0.15, -0.1) is 0 Å². The molecule has 0 saturated carbocycles. The Balaban J connectivity index is 1.84. The summed E-state index contributed by atoms with van der Waals surface area (Å²) in [4.78, 5) is 29.7. The Morgan fingerprint density at radius 2 is 1.29 bits per heavy atom. The lowest BCUT2D eigenvalue weighted by atomic mass is 9.79. The number of nitrogens with zero attached hydrogens (tertiary/aromatic N) is 3. The fourth-order valence-corrected chi connectivity index (χ4v) is 5.60. The Labute approximate surface area is 246 Å². The van der Waals surface area contributed by atoms with E-state index in [1.807, 2.05) is 117 Å². The molecule has 7 nitrogen and oxygen atoms in total. The van der Waals surface area contributed by atoms with Crippen molar-refractivity contribution in [2.24, 2.45) is 0 Å². The van der Waals surface area contributed by atoms with Gasteiger partial charge in [0.05, 0.1) is 41.7 Å². The van der Waals surface area contributed by atoms with Gasteiger partial charge in [0.15, 0.2) is 0 Å². The number of carbonyl (C=O) groups excluding carboxylic acids is 2. The number of aromatic nitrogens is 2. The SMILES string of the molecule is CCOC(=O)C1=C(C)N(c2cccc(C)c2)C(C)=C(C(=O)OCC)C1c1cn(-c2ccccc2)nc1-c1ccccc1. The molecule has 42 heavy (non-hydrogen) atoms. The Hall–Kier alpha value is -4.91. The number of hydrogen-bond acceptors (Lipinski definition) is 6. The number of ether oxygens (including phenoxy) is 2. The zero-order valence-corrected chi connectivity index (χ0v) is 24.6. The van der Waals surface area contributed by atoms with E-state index in [9.17, 15) is 9.59 Å². The van der Waals surface area contributed by atoms with Crippen molar-refractivity contribution in [1.29, 1.82) is 0 Å². The van der Waals surface area contributed by atoms with Gasteiger partial charge in [0.1, 0.15) is 0 Å². The molecule has 1 aliphatic rings. The summed E-state index contributed by atoms with van der Waals surface area (Å²) in [5.41, 5.74) is 7.10. The molecule has 3 aromatic carbocycles. The van der Waals surface area contributed by atoms with Crippen molar-refractivity contribution in [3.05, 3.63) is 125 Å². The van der Waals surface area contributed by atoms with E-state index in [0.29, 0.717) is 33.8 Å². The number of allylic oxidation sites excluding steroid dienone is 2. The van der Waals surface area contributed by atoms with E-state index >= 15 is 0 Å². The maximum absolute atomic E-state index is 13.9. The van der Waals surface area contributed by atoms with E-state index in [1.54, 1.807) is 18.5 Å². The van der Waals surface area contributed by atoms with Crippen LogP contribution in [0.25, 0.3) is 16.9 Å². The van der Waals surface area contributed by atoms with Gasteiger partial charge in [-0.1, -0.05) is 60.7 Å². The van der Waals surface area contributed by atoms with Crippen molar-refractivity contribution in [2.45, 2.75) is 40.5 Å². The molecule has 0 unspecified atom stereocenters. The highest BCUT2D eigenvalue weighted by Gasteiger charge is 2.43. The van der Waals surface area contributed by atoms with Gasteiger partial charge < -0.3 is 14.4 Å². The minimum absolute atomic E-state index is 0.193. The smallest absolute Gasteiger partial charge is 0.336 e. The van der Waals surface area contributed by atoms with Crippen LogP contribution in [0.15, 0.2) is 114 Å². The molecular weight excluding hydrogens is 526 g/mol. The minimum atomic E-state index is -0.781. The second-order valence-corrected chi connectivity index (χ2v) is 10.1. The molecule has 1 aromatic heterocycles. The zero-order valence-electron chi connectivity index (χ0n) is 24.6. The van der Waals surface area contributed by atoms with E-state index in [2.05, 4.69) is 0 Å². The number of hydrogen-bond donors (Lipinski definition) is 0. The van der Waals surface area contributed by atoms with E-state index in [1.165, 1.54) is 0 Å². The molecule has 2 heterocycles. The molecule has 1 aliphatic heterocycles. The van der Waals surface area contributed by atoms with Gasteiger partial charge in [0.25, 0.3) is 0 Å². The van der Waals surface area contributed by atoms with Crippen LogP contribution in [0.5, 0.6) is 0 Å². The van der Waals surface area contributed by atoms with Crippen molar-refractivity contribution in [3.8, 4) is 16.9 Å². The van der Waals surface area contributed by atoms with Crippen LogP contribution in [0.4, 0.5) is 5.69 Å². The summed E-state index contributed by atoms with van der Waals surface area (Å²) in [6, 6.07) is 27.5. The third-order valence-electron chi connectivity index (χ3n) is 7.40. The van der Waals surface area contributed by atoms with Crippen molar-refractivity contribution in [1.82, 2.24) is 9.78 Å². The first-order chi connectivity index (χ1) is 20.3. The van der Waals surface area contributed by atoms with Crippen molar-refractivity contribution < 1.29 is 19.1 Å². The van der Waals surface area contributed by atoms with E-state index in [4.69, 9.17) is 14.6 Å². The lowest BCUT2D eigenvalue weighted by Crippen LogP contribution is -2.35. The molecule has 5 rings (SSSR count). The number of aryl methyl sites for hydroxylation is 1. The zero-order chi connectivity index (χ0) is 29.8. The summed E-state index contributed by atoms with van der Waals surface area (Å²) in [5.74, 6) is -1.76. The van der Waals surface area contributed by atoms with Gasteiger partial charge in [-0.25, -0.2) is 14.3 Å². The number of anilines is 1. The molecule has 214 valence electrons. The van der Waals surface area contributed by atoms with Crippen molar-refractivity contribution >= 4 is 17.6 Å². The summed E-state index contributed by atoms with van der Waals surface area (Å²) in [5, 5.41) is 5.00. The van der Waals surface area contributed by atoms with Gasteiger partial charge in [-0.05, 0) is 64.4 Å². The topological polar surface area (TPSA) is 73.7 Å². The molecule has 7 heteroatoms. The summed E-state index contributed by atoms with van der Waals surface area (Å²) in [7, 11) is 0. The number of para-hydroxylation sites is 1. The first kappa shape index (κ1) is 28.6. The van der Waals surface area contributed by atoms with Crippen LogP contribution in [-0.2, 0) is 19.1 Å². The highest BCUT2D eigenvalue weighted by Crippen LogP contribution is 2.47. The summed E-state index contributed by atoms with van der Waals surface area (Å²) in [6.45, 7) is 9.75. The van der Waals surface area contributed by atoms with Gasteiger partial charge >= 0.3 is 11.9 Å². The molecule has 0 amide bonds. The molecule has 0 radical (unpaired) electrons. The van der Waals surface area contributed by atoms with Crippen LogP contribution in [-0.4, -0.2) is 34.9 Å². The second kappa shape index (κ2) is 12.3. The predicted octanol–water partition coefficient (Wildman–Crippen LogP) is 7.13. The van der Waals surface area contributed by atoms with Gasteiger partial charge in [0, 0.05) is 34.4 Å². The average molecular weight is 562 g/mol. The van der Waals surface area contributed by atoms with E-state index in [-0.39, 0.29) is 13.2 Å². The molecule has 0 bridgehead atoms. The van der Waals surface area contributed by atoms with Gasteiger partial charge in [-0.2, -0.15) is 5.10 Å². The number of esters is 2. The molecule has 4 aromatic rings. The maximum atomic E-state index is 13.9. The van der Waals surface area contributed by atoms with E-state index in [0.717, 1.165) is 22.5 Å². The Morgan fingerprint density at radius 1 is 0.738 bits per heavy atom. The summed E-state index contributed by atoms with van der Waals surface area (Å²) >= 11 is 0. The maximum Gasteiger partial charge on any atom is 0.336 e. The van der Waals surface area contributed by atoms with Crippen LogP contribution in [0.1, 0.15) is 44.7 Å². The third kappa shape index (κ3) is 5.38. The normalized spacial score (nSPS) is 13.9. The molecule has 0 atom stereocenters. The second-order valence-electron chi connectivity index (χ2n) is 10.1. The summed E-state index contributed by atoms with van der Waals surface area (Å²) in [6.07, 6.45) is 1.91. The molecular formula is C35H35N3O4. The monoisotopic (exact) mass is 561 g/mol. The molecule has 0 aliphatic carbocycles. The Morgan fingerprint density at radius 3 is 1.83 bits per heavy atom. The van der Waals surface area contributed by atoms with Crippen LogP contribution in [0, 0.1) is 6.92 Å². The van der Waals surface area contributed by atoms with Gasteiger partial charge in [-0.3, -0.25) is 0 Å². The van der Waals surface area contributed by atoms with Crippen LogP contribution in [0.3, 0.4) is 0 Å². The third-order valence-corrected chi connectivity index (χ3v) is 7.40. The molecule has 0 fully saturated rings. The lowest BCUT2D eigenvalue weighted by molar-refractivity contribution is -0.139. The standard InChI is InChI=1S/C35H35N3O4/c1-6-41-34(39)30-24(4)38(28-20-14-15-23(3)21-28)25(5)31(35(40)42-7-2)32(30)29-22-37(27-18-12-9-13-19-27)36-33(29)26-16-10-8-11-17-26/h8-22,32H,6-7H2,1-5H3. The first-order valence-corrected chi connectivity index (χ1v) is 14.2. The predicted molar refractivity (Wildman–Crippen MR) is 164 cm³/mol. The average Bonchev–Trinajstić information content (AvgIpc) is 3.43. The minimum Gasteiger partial charge on any atom is -0.463 e. The Kier molecular flexibility index (Phi) is 8.38. The molecule has 0 spiro atoms. The van der Waals surface area contributed by atoms with Crippen LogP contribution < -0.4 is 4.90 Å². The largest absolute Gasteiger partial charge is 0.463 e. The fourth-order valence-electron chi connectivity index (χ4n) is 5.60. The fraction of sp³-hybridized carbons (Fsp3) is 0.229. The quantitative estimate of drug-likeness (QED) is 0.213. The van der Waals surface area contributed by atoms with Gasteiger partial charge in [0.2, 0.25) is 0 Å². The highest BCUT2D eigenvalue weighted by atomic mass is 16.5. The lowest BCUT2D eigenvalue weighted by Gasteiger charge is -2.38.